The summed E-state index contributed by atoms with van der Waals surface area (Å²) in [5.74, 6) is 0.251. The molecule has 0 radical (unpaired) electrons. The molecule has 1 aliphatic heterocycles. The van der Waals surface area contributed by atoms with Gasteiger partial charge >= 0.3 is 0 Å². The van der Waals surface area contributed by atoms with Crippen LogP contribution in [0.15, 0.2) is 76.4 Å². The second kappa shape index (κ2) is 8.08. The Morgan fingerprint density at radius 3 is 2.73 bits per heavy atom. The molecule has 1 aromatic heterocycles. The highest BCUT2D eigenvalue weighted by atomic mass is 32.2. The Balaban J connectivity index is 1.76. The highest BCUT2D eigenvalue weighted by molar-refractivity contribution is 7.91. The zero-order chi connectivity index (χ0) is 21.3. The molecule has 0 bridgehead atoms. The van der Waals surface area contributed by atoms with E-state index in [0.717, 1.165) is 16.0 Å². The second-order valence-electron chi connectivity index (χ2n) is 7.13. The zero-order valence-corrected chi connectivity index (χ0v) is 18.1. The molecule has 5 nitrogen and oxygen atoms in total. The SMILES string of the molecule is C=CCOc1cccc(C2CC(=O)Nc3c(S(=O)(=O)c4ccc(C)cc4)csc32)c1. The summed E-state index contributed by atoms with van der Waals surface area (Å²) >= 11 is 1.35. The predicted octanol–water partition coefficient (Wildman–Crippen LogP) is 4.93. The summed E-state index contributed by atoms with van der Waals surface area (Å²) in [6.45, 7) is 5.94. The van der Waals surface area contributed by atoms with E-state index in [0.29, 0.717) is 18.0 Å². The van der Waals surface area contributed by atoms with Crippen molar-refractivity contribution < 1.29 is 17.9 Å². The Kier molecular flexibility index (Phi) is 5.49. The van der Waals surface area contributed by atoms with E-state index in [1.165, 1.54) is 11.3 Å². The first-order chi connectivity index (χ1) is 14.4. The minimum atomic E-state index is -3.74. The van der Waals surface area contributed by atoms with Gasteiger partial charge in [0.1, 0.15) is 17.3 Å². The van der Waals surface area contributed by atoms with Gasteiger partial charge in [0, 0.05) is 22.6 Å². The number of hydrogen-bond acceptors (Lipinski definition) is 5. The van der Waals surface area contributed by atoms with Gasteiger partial charge in [0.05, 0.1) is 10.6 Å². The van der Waals surface area contributed by atoms with E-state index in [9.17, 15) is 13.2 Å². The summed E-state index contributed by atoms with van der Waals surface area (Å²) < 4.78 is 32.1. The van der Waals surface area contributed by atoms with E-state index in [-0.39, 0.29) is 28.0 Å². The van der Waals surface area contributed by atoms with Crippen LogP contribution in [0.4, 0.5) is 5.69 Å². The van der Waals surface area contributed by atoms with Crippen LogP contribution in [0.2, 0.25) is 0 Å². The molecule has 7 heteroatoms. The van der Waals surface area contributed by atoms with Gasteiger partial charge in [0.2, 0.25) is 15.7 Å². The van der Waals surface area contributed by atoms with Gasteiger partial charge in [0.25, 0.3) is 0 Å². The fourth-order valence-electron chi connectivity index (χ4n) is 3.49. The Morgan fingerprint density at radius 2 is 2.00 bits per heavy atom. The third-order valence-corrected chi connectivity index (χ3v) is 8.04. The Labute approximate surface area is 179 Å². The quantitative estimate of drug-likeness (QED) is 0.553. The highest BCUT2D eigenvalue weighted by Crippen LogP contribution is 2.46. The number of amides is 1. The van der Waals surface area contributed by atoms with Crippen molar-refractivity contribution in [1.82, 2.24) is 0 Å². The lowest BCUT2D eigenvalue weighted by molar-refractivity contribution is -0.116. The molecule has 0 fully saturated rings. The second-order valence-corrected chi connectivity index (χ2v) is 9.96. The molecule has 0 saturated heterocycles. The maximum Gasteiger partial charge on any atom is 0.225 e. The number of benzene rings is 2. The van der Waals surface area contributed by atoms with Gasteiger partial charge in [-0.25, -0.2) is 8.42 Å². The fraction of sp³-hybridized carbons (Fsp3) is 0.174. The minimum absolute atomic E-state index is 0.142. The third-order valence-electron chi connectivity index (χ3n) is 5.01. The smallest absolute Gasteiger partial charge is 0.225 e. The minimum Gasteiger partial charge on any atom is -0.490 e. The molecule has 2 heterocycles. The molecule has 3 aromatic rings. The molecule has 154 valence electrons. The molecule has 0 saturated carbocycles. The van der Waals surface area contributed by atoms with Crippen molar-refractivity contribution in [1.29, 1.82) is 0 Å². The van der Waals surface area contributed by atoms with Gasteiger partial charge in [-0.05, 0) is 36.8 Å². The lowest BCUT2D eigenvalue weighted by atomic mass is 9.90. The summed E-state index contributed by atoms with van der Waals surface area (Å²) in [4.78, 5) is 13.7. The molecule has 1 amide bonds. The standard InChI is InChI=1S/C23H21NO4S2/c1-3-11-28-17-6-4-5-16(12-17)19-13-21(25)24-22-20(14-29-23(19)22)30(26,27)18-9-7-15(2)8-10-18/h3-10,12,14,19H,1,11,13H2,2H3,(H,24,25). The van der Waals surface area contributed by atoms with Crippen LogP contribution in [0.5, 0.6) is 5.75 Å². The van der Waals surface area contributed by atoms with Crippen LogP contribution in [0.1, 0.15) is 28.3 Å². The average molecular weight is 440 g/mol. The molecule has 4 rings (SSSR count). The maximum atomic E-state index is 13.2. The Hall–Kier alpha value is -2.90. The number of aryl methyl sites for hydroxylation is 1. The van der Waals surface area contributed by atoms with Crippen molar-refractivity contribution in [2.75, 3.05) is 11.9 Å². The summed E-state index contributed by atoms with van der Waals surface area (Å²) in [6, 6.07) is 14.3. The largest absolute Gasteiger partial charge is 0.490 e. The number of nitrogens with one attached hydrogen (secondary N) is 1. The normalized spacial score (nSPS) is 15.9. The third kappa shape index (κ3) is 3.78. The van der Waals surface area contributed by atoms with Crippen LogP contribution in [-0.2, 0) is 14.6 Å². The molecule has 1 atom stereocenters. The first kappa shape index (κ1) is 20.4. The molecular formula is C23H21NO4S2. The van der Waals surface area contributed by atoms with Crippen molar-refractivity contribution in [2.45, 2.75) is 29.1 Å². The van der Waals surface area contributed by atoms with Crippen LogP contribution >= 0.6 is 11.3 Å². The van der Waals surface area contributed by atoms with E-state index in [1.807, 2.05) is 31.2 Å². The summed E-state index contributed by atoms with van der Waals surface area (Å²) in [7, 11) is -3.74. The predicted molar refractivity (Wildman–Crippen MR) is 118 cm³/mol. The van der Waals surface area contributed by atoms with E-state index < -0.39 is 9.84 Å². The molecule has 1 N–H and O–H groups in total. The van der Waals surface area contributed by atoms with E-state index in [2.05, 4.69) is 11.9 Å². The van der Waals surface area contributed by atoms with Gasteiger partial charge in [0.15, 0.2) is 0 Å². The van der Waals surface area contributed by atoms with Gasteiger partial charge in [-0.2, -0.15) is 0 Å². The molecule has 30 heavy (non-hydrogen) atoms. The highest BCUT2D eigenvalue weighted by Gasteiger charge is 2.34. The van der Waals surface area contributed by atoms with Crippen LogP contribution in [0, 0.1) is 6.92 Å². The Bertz CT molecular complexity index is 1210. The topological polar surface area (TPSA) is 72.5 Å². The molecule has 2 aromatic carbocycles. The van der Waals surface area contributed by atoms with Crippen molar-refractivity contribution in [3.63, 3.8) is 0 Å². The summed E-state index contributed by atoms with van der Waals surface area (Å²) in [5, 5.41) is 4.41. The molecular weight excluding hydrogens is 418 g/mol. The average Bonchev–Trinajstić information content (AvgIpc) is 3.16. The fourth-order valence-corrected chi connectivity index (χ4v) is 6.40. The first-order valence-corrected chi connectivity index (χ1v) is 11.8. The lowest BCUT2D eigenvalue weighted by Crippen LogP contribution is -2.23. The van der Waals surface area contributed by atoms with Gasteiger partial charge in [-0.1, -0.05) is 42.5 Å². The number of ether oxygens (including phenoxy) is 1. The maximum absolute atomic E-state index is 13.2. The molecule has 1 unspecified atom stereocenters. The van der Waals surface area contributed by atoms with Crippen LogP contribution < -0.4 is 10.1 Å². The number of fused-ring (bicyclic) bond motifs is 1. The number of thiophene rings is 1. The lowest BCUT2D eigenvalue weighted by Gasteiger charge is -2.24. The van der Waals surface area contributed by atoms with Gasteiger partial charge < -0.3 is 10.1 Å². The van der Waals surface area contributed by atoms with Gasteiger partial charge in [-0.3, -0.25) is 4.79 Å². The molecule has 1 aliphatic rings. The number of rotatable bonds is 6. The van der Waals surface area contributed by atoms with E-state index in [1.54, 1.807) is 35.7 Å². The van der Waals surface area contributed by atoms with Crippen LogP contribution in [-0.4, -0.2) is 20.9 Å². The number of carbonyl (C=O) groups is 1. The monoisotopic (exact) mass is 439 g/mol. The van der Waals surface area contributed by atoms with Crippen molar-refractivity contribution in [3.8, 4) is 5.75 Å². The van der Waals surface area contributed by atoms with Crippen LogP contribution in [0.25, 0.3) is 0 Å². The first-order valence-electron chi connectivity index (χ1n) is 9.47. The Morgan fingerprint density at radius 1 is 1.23 bits per heavy atom. The van der Waals surface area contributed by atoms with Crippen molar-refractivity contribution in [2.24, 2.45) is 0 Å². The van der Waals surface area contributed by atoms with Crippen LogP contribution in [0.3, 0.4) is 0 Å². The number of hydrogen-bond donors (Lipinski definition) is 1. The van der Waals surface area contributed by atoms with Crippen molar-refractivity contribution >= 4 is 32.8 Å². The zero-order valence-electron chi connectivity index (χ0n) is 16.4. The summed E-state index contributed by atoms with van der Waals surface area (Å²) in [5.41, 5.74) is 2.28. The summed E-state index contributed by atoms with van der Waals surface area (Å²) in [6.07, 6.45) is 1.92. The number of carbonyl (C=O) groups excluding carboxylic acids is 1. The molecule has 0 aliphatic carbocycles. The van der Waals surface area contributed by atoms with Gasteiger partial charge in [-0.15, -0.1) is 11.3 Å². The van der Waals surface area contributed by atoms with E-state index in [4.69, 9.17) is 4.74 Å². The number of anilines is 1. The van der Waals surface area contributed by atoms with Crippen molar-refractivity contribution in [3.05, 3.63) is 82.6 Å². The molecule has 0 spiro atoms. The van der Waals surface area contributed by atoms with E-state index >= 15 is 0 Å². The number of sulfone groups is 1.